The maximum Gasteiger partial charge on any atom is 0.241 e. The Kier molecular flexibility index (Phi) is 3.29. The van der Waals surface area contributed by atoms with Crippen LogP contribution >= 0.6 is 22.2 Å². The van der Waals surface area contributed by atoms with Gasteiger partial charge in [0.25, 0.3) is 0 Å². The normalized spacial score (nSPS) is 11.5. The summed E-state index contributed by atoms with van der Waals surface area (Å²) in [7, 11) is -1.62. The van der Waals surface area contributed by atoms with Crippen molar-refractivity contribution in [3.8, 4) is 0 Å². The molecule has 90 valence electrons. The van der Waals surface area contributed by atoms with Crippen molar-refractivity contribution in [1.29, 1.82) is 0 Å². The van der Waals surface area contributed by atoms with Gasteiger partial charge in [0.2, 0.25) is 7.42 Å². The van der Waals surface area contributed by atoms with Crippen molar-refractivity contribution < 1.29 is 0 Å². The molecule has 0 bridgehead atoms. The zero-order valence-electron chi connectivity index (χ0n) is 9.74. The third-order valence-electron chi connectivity index (χ3n) is 3.21. The van der Waals surface area contributed by atoms with E-state index in [4.69, 9.17) is 22.2 Å². The van der Waals surface area contributed by atoms with Gasteiger partial charge in [0.15, 0.2) is 0 Å². The molecule has 0 atom stereocenters. The molecule has 0 aromatic heterocycles. The van der Waals surface area contributed by atoms with E-state index in [0.717, 1.165) is 6.04 Å². The van der Waals surface area contributed by atoms with Gasteiger partial charge in [-0.05, 0) is 45.3 Å². The van der Waals surface area contributed by atoms with E-state index in [-0.39, 0.29) is 0 Å². The molecule has 0 N–H and O–H groups in total. The van der Waals surface area contributed by atoms with Crippen LogP contribution in [0.1, 0.15) is 5.56 Å². The largest absolute Gasteiger partial charge is 0.241 e. The predicted octanol–water partition coefficient (Wildman–Crippen LogP) is 4.77. The average Bonchev–Trinajstić information content (AvgIpc) is 2.36. The van der Waals surface area contributed by atoms with Crippen LogP contribution < -0.4 is 0 Å². The van der Waals surface area contributed by atoms with Crippen LogP contribution in [0.2, 0.25) is 0 Å². The van der Waals surface area contributed by atoms with Crippen molar-refractivity contribution >= 4 is 51.1 Å². The number of hydrogen-bond acceptors (Lipinski definition) is 0. The van der Waals surface area contributed by atoms with Crippen LogP contribution in [0, 0.1) is 0 Å². The van der Waals surface area contributed by atoms with Gasteiger partial charge in [0.05, 0.1) is 0 Å². The number of hydrogen-bond donors (Lipinski definition) is 0. The Morgan fingerprint density at radius 3 is 2.17 bits per heavy atom. The SMILES string of the molecule is Cl[SiH](Cl)Cc1cccc2cc3ccccc3cc12. The van der Waals surface area contributed by atoms with Gasteiger partial charge in [-0.2, -0.15) is 0 Å². The standard InChI is InChI=1S/C15H12Cl2Si/c16-18(17)10-14-7-3-6-13-8-11-4-1-2-5-12(11)9-15(13)14/h1-9,18H,10H2. The molecule has 3 rings (SSSR count). The Balaban J connectivity index is 2.29. The minimum atomic E-state index is -1.62. The van der Waals surface area contributed by atoms with Crippen molar-refractivity contribution in [2.45, 2.75) is 6.04 Å². The zero-order valence-corrected chi connectivity index (χ0v) is 12.4. The maximum absolute atomic E-state index is 6.04. The van der Waals surface area contributed by atoms with Crippen LogP contribution in [0.25, 0.3) is 21.5 Å². The number of rotatable bonds is 2. The van der Waals surface area contributed by atoms with Crippen molar-refractivity contribution in [2.75, 3.05) is 0 Å². The Bertz CT molecular complexity index is 707. The van der Waals surface area contributed by atoms with Gasteiger partial charge >= 0.3 is 0 Å². The quantitative estimate of drug-likeness (QED) is 0.362. The van der Waals surface area contributed by atoms with Gasteiger partial charge in [-0.15, -0.1) is 22.2 Å². The van der Waals surface area contributed by atoms with Crippen LogP contribution in [-0.4, -0.2) is 7.42 Å². The molecule has 0 unspecified atom stereocenters. The summed E-state index contributed by atoms with van der Waals surface area (Å²) >= 11 is 12.1. The molecule has 3 aromatic carbocycles. The molecule has 3 heteroatoms. The summed E-state index contributed by atoms with van der Waals surface area (Å²) < 4.78 is 0. The predicted molar refractivity (Wildman–Crippen MR) is 84.0 cm³/mol. The number of halogens is 2. The van der Waals surface area contributed by atoms with E-state index in [1.807, 2.05) is 0 Å². The highest BCUT2D eigenvalue weighted by atomic mass is 35.7. The molecule has 0 spiro atoms. The summed E-state index contributed by atoms with van der Waals surface area (Å²) in [5.41, 5.74) is 1.26. The molecule has 0 aliphatic rings. The highest BCUT2D eigenvalue weighted by Crippen LogP contribution is 2.26. The van der Waals surface area contributed by atoms with E-state index >= 15 is 0 Å². The van der Waals surface area contributed by atoms with E-state index in [2.05, 4.69) is 54.6 Å². The van der Waals surface area contributed by atoms with E-state index in [1.165, 1.54) is 27.1 Å². The topological polar surface area (TPSA) is 0 Å². The lowest BCUT2D eigenvalue weighted by Crippen LogP contribution is -2.00. The minimum absolute atomic E-state index is 0.818. The second-order valence-corrected chi connectivity index (χ2v) is 9.45. The lowest BCUT2D eigenvalue weighted by molar-refractivity contribution is 1.44. The average molecular weight is 291 g/mol. The molecular weight excluding hydrogens is 279 g/mol. The lowest BCUT2D eigenvalue weighted by atomic mass is 10.0. The second-order valence-electron chi connectivity index (χ2n) is 4.43. The first-order valence-electron chi connectivity index (χ1n) is 5.92. The van der Waals surface area contributed by atoms with Crippen LogP contribution in [0.5, 0.6) is 0 Å². The first-order valence-corrected chi connectivity index (χ1v) is 10.2. The summed E-state index contributed by atoms with van der Waals surface area (Å²) in [5.74, 6) is 0. The summed E-state index contributed by atoms with van der Waals surface area (Å²) in [5, 5.41) is 5.07. The first-order chi connectivity index (χ1) is 8.74. The Morgan fingerprint density at radius 1 is 0.778 bits per heavy atom. The molecule has 0 radical (unpaired) electrons. The van der Waals surface area contributed by atoms with Crippen LogP contribution in [0.3, 0.4) is 0 Å². The molecule has 18 heavy (non-hydrogen) atoms. The summed E-state index contributed by atoms with van der Waals surface area (Å²) in [6.07, 6.45) is 0. The maximum atomic E-state index is 6.04. The van der Waals surface area contributed by atoms with E-state index < -0.39 is 7.42 Å². The fourth-order valence-electron chi connectivity index (χ4n) is 2.38. The fraction of sp³-hybridized carbons (Fsp3) is 0.0667. The van der Waals surface area contributed by atoms with Crippen molar-refractivity contribution in [3.63, 3.8) is 0 Å². The van der Waals surface area contributed by atoms with Gasteiger partial charge < -0.3 is 0 Å². The molecule has 0 fully saturated rings. The molecule has 0 saturated heterocycles. The van der Waals surface area contributed by atoms with Crippen molar-refractivity contribution in [3.05, 3.63) is 60.2 Å². The molecule has 3 aromatic rings. The summed E-state index contributed by atoms with van der Waals surface area (Å²) in [6.45, 7) is 0. The van der Waals surface area contributed by atoms with Crippen molar-refractivity contribution in [1.82, 2.24) is 0 Å². The third-order valence-corrected chi connectivity index (χ3v) is 4.89. The molecule has 0 nitrogen and oxygen atoms in total. The molecule has 0 aliphatic carbocycles. The van der Waals surface area contributed by atoms with Gasteiger partial charge in [-0.25, -0.2) is 0 Å². The van der Waals surface area contributed by atoms with Gasteiger partial charge in [0.1, 0.15) is 0 Å². The fourth-order valence-corrected chi connectivity index (χ4v) is 4.06. The number of benzene rings is 3. The van der Waals surface area contributed by atoms with Crippen molar-refractivity contribution in [2.24, 2.45) is 0 Å². The Hall–Kier alpha value is -1.02. The summed E-state index contributed by atoms with van der Waals surface area (Å²) in [6, 6.07) is 20.1. The van der Waals surface area contributed by atoms with Crippen LogP contribution in [0.15, 0.2) is 54.6 Å². The van der Waals surface area contributed by atoms with E-state index in [0.29, 0.717) is 0 Å². The molecule has 0 amide bonds. The highest BCUT2D eigenvalue weighted by Gasteiger charge is 2.08. The van der Waals surface area contributed by atoms with Gasteiger partial charge in [0, 0.05) is 0 Å². The second kappa shape index (κ2) is 4.92. The third kappa shape index (κ3) is 2.26. The lowest BCUT2D eigenvalue weighted by Gasteiger charge is -2.08. The smallest absolute Gasteiger partial charge is 0.150 e. The van der Waals surface area contributed by atoms with Gasteiger partial charge in [-0.1, -0.05) is 42.5 Å². The van der Waals surface area contributed by atoms with Crippen LogP contribution in [0.4, 0.5) is 0 Å². The van der Waals surface area contributed by atoms with E-state index in [9.17, 15) is 0 Å². The minimum Gasteiger partial charge on any atom is -0.150 e. The molecule has 0 saturated carbocycles. The number of fused-ring (bicyclic) bond motifs is 2. The van der Waals surface area contributed by atoms with Crippen LogP contribution in [-0.2, 0) is 6.04 Å². The van der Waals surface area contributed by atoms with E-state index in [1.54, 1.807) is 0 Å². The highest BCUT2D eigenvalue weighted by molar-refractivity contribution is 7.33. The molecular formula is C15H12Cl2Si. The Labute approximate surface area is 117 Å². The molecule has 0 aliphatic heterocycles. The summed E-state index contributed by atoms with van der Waals surface area (Å²) in [4.78, 5) is 0. The first kappa shape index (κ1) is 12.0. The Morgan fingerprint density at radius 2 is 1.44 bits per heavy atom. The monoisotopic (exact) mass is 290 g/mol. The zero-order chi connectivity index (χ0) is 12.5. The van der Waals surface area contributed by atoms with Gasteiger partial charge in [-0.3, -0.25) is 0 Å². The molecule has 0 heterocycles.